The summed E-state index contributed by atoms with van der Waals surface area (Å²) in [5, 5.41) is 3.34. The van der Waals surface area contributed by atoms with Crippen LogP contribution in [0.15, 0.2) is 36.7 Å². The van der Waals surface area contributed by atoms with E-state index in [-0.39, 0.29) is 0 Å². The molecule has 0 bridgehead atoms. The number of hydrogen-bond acceptors (Lipinski definition) is 3. The van der Waals surface area contributed by atoms with Crippen LogP contribution in [0.4, 0.5) is 0 Å². The van der Waals surface area contributed by atoms with E-state index in [1.54, 1.807) is 0 Å². The molecular weight excluding hydrogens is 222 g/mol. The van der Waals surface area contributed by atoms with Crippen molar-refractivity contribution in [1.82, 2.24) is 15.3 Å². The van der Waals surface area contributed by atoms with Crippen LogP contribution in [0.5, 0.6) is 0 Å². The maximum absolute atomic E-state index is 4.52. The molecule has 0 saturated carbocycles. The Kier molecular flexibility index (Phi) is 3.07. The molecule has 3 heteroatoms. The highest BCUT2D eigenvalue weighted by atomic mass is 14.9. The SMILES string of the molecule is Cc1cccc(-c2cnc(C3CCNC3)nc2)c1. The molecule has 1 aliphatic rings. The largest absolute Gasteiger partial charge is 0.316 e. The third-order valence-corrected chi connectivity index (χ3v) is 3.45. The van der Waals surface area contributed by atoms with Gasteiger partial charge in [-0.25, -0.2) is 9.97 Å². The van der Waals surface area contributed by atoms with Crippen molar-refractivity contribution in [3.05, 3.63) is 48.0 Å². The van der Waals surface area contributed by atoms with Crippen molar-refractivity contribution >= 4 is 0 Å². The molecule has 1 aromatic heterocycles. The number of benzene rings is 1. The second kappa shape index (κ2) is 4.86. The fourth-order valence-corrected chi connectivity index (χ4v) is 2.40. The van der Waals surface area contributed by atoms with Crippen LogP contribution in [0.2, 0.25) is 0 Å². The van der Waals surface area contributed by atoms with Gasteiger partial charge in [0.25, 0.3) is 0 Å². The molecule has 0 aliphatic carbocycles. The summed E-state index contributed by atoms with van der Waals surface area (Å²) in [4.78, 5) is 9.03. The van der Waals surface area contributed by atoms with E-state index >= 15 is 0 Å². The summed E-state index contributed by atoms with van der Waals surface area (Å²) in [5.74, 6) is 1.45. The van der Waals surface area contributed by atoms with Crippen LogP contribution in [0, 0.1) is 6.92 Å². The Balaban J connectivity index is 1.86. The molecule has 1 N–H and O–H groups in total. The second-order valence-corrected chi connectivity index (χ2v) is 4.89. The maximum atomic E-state index is 4.52. The van der Waals surface area contributed by atoms with Gasteiger partial charge in [0.1, 0.15) is 5.82 Å². The van der Waals surface area contributed by atoms with Gasteiger partial charge in [-0.2, -0.15) is 0 Å². The van der Waals surface area contributed by atoms with Crippen molar-refractivity contribution in [3.8, 4) is 11.1 Å². The first-order valence-corrected chi connectivity index (χ1v) is 6.42. The van der Waals surface area contributed by atoms with E-state index in [0.29, 0.717) is 5.92 Å². The Morgan fingerprint density at radius 2 is 2.00 bits per heavy atom. The predicted molar refractivity (Wildman–Crippen MR) is 72.4 cm³/mol. The topological polar surface area (TPSA) is 37.8 Å². The molecule has 0 radical (unpaired) electrons. The Morgan fingerprint density at radius 1 is 1.17 bits per heavy atom. The van der Waals surface area contributed by atoms with E-state index in [4.69, 9.17) is 0 Å². The lowest BCUT2D eigenvalue weighted by Gasteiger charge is -2.07. The number of nitrogens with one attached hydrogen (secondary N) is 1. The summed E-state index contributed by atoms with van der Waals surface area (Å²) in [5.41, 5.74) is 3.54. The van der Waals surface area contributed by atoms with Crippen molar-refractivity contribution in [2.45, 2.75) is 19.3 Å². The number of aromatic nitrogens is 2. The van der Waals surface area contributed by atoms with Crippen molar-refractivity contribution in [2.24, 2.45) is 0 Å². The van der Waals surface area contributed by atoms with Crippen molar-refractivity contribution in [2.75, 3.05) is 13.1 Å². The normalized spacial score (nSPS) is 19.1. The molecule has 1 aliphatic heterocycles. The van der Waals surface area contributed by atoms with E-state index in [1.165, 1.54) is 11.1 Å². The highest BCUT2D eigenvalue weighted by molar-refractivity contribution is 5.62. The third kappa shape index (κ3) is 2.27. The van der Waals surface area contributed by atoms with Gasteiger partial charge in [0.2, 0.25) is 0 Å². The summed E-state index contributed by atoms with van der Waals surface area (Å²) < 4.78 is 0. The zero-order valence-electron chi connectivity index (χ0n) is 10.6. The van der Waals surface area contributed by atoms with Crippen molar-refractivity contribution in [3.63, 3.8) is 0 Å². The lowest BCUT2D eigenvalue weighted by atomic mass is 10.1. The number of hydrogen-bond donors (Lipinski definition) is 1. The van der Waals surface area contributed by atoms with E-state index < -0.39 is 0 Å². The Bertz CT molecular complexity index is 528. The molecule has 1 saturated heterocycles. The van der Waals surface area contributed by atoms with Gasteiger partial charge in [-0.15, -0.1) is 0 Å². The second-order valence-electron chi connectivity index (χ2n) is 4.89. The standard InChI is InChI=1S/C15H17N3/c1-11-3-2-4-12(7-11)14-9-17-15(18-10-14)13-5-6-16-8-13/h2-4,7,9-10,13,16H,5-6,8H2,1H3. The van der Waals surface area contributed by atoms with Crippen LogP contribution in [-0.2, 0) is 0 Å². The fraction of sp³-hybridized carbons (Fsp3) is 0.333. The molecular formula is C15H17N3. The van der Waals surface area contributed by atoms with Crippen LogP contribution in [-0.4, -0.2) is 23.1 Å². The van der Waals surface area contributed by atoms with Gasteiger partial charge in [-0.1, -0.05) is 29.8 Å². The fourth-order valence-electron chi connectivity index (χ4n) is 2.40. The van der Waals surface area contributed by atoms with Crippen molar-refractivity contribution < 1.29 is 0 Å². The summed E-state index contributed by atoms with van der Waals surface area (Å²) in [7, 11) is 0. The summed E-state index contributed by atoms with van der Waals surface area (Å²) in [6, 6.07) is 8.43. The molecule has 3 rings (SSSR count). The minimum absolute atomic E-state index is 0.483. The highest BCUT2D eigenvalue weighted by Crippen LogP contribution is 2.22. The molecule has 2 heterocycles. The van der Waals surface area contributed by atoms with E-state index in [0.717, 1.165) is 30.9 Å². The maximum Gasteiger partial charge on any atom is 0.132 e. The average Bonchev–Trinajstić information content (AvgIpc) is 2.93. The average molecular weight is 239 g/mol. The third-order valence-electron chi connectivity index (χ3n) is 3.45. The summed E-state index contributed by atoms with van der Waals surface area (Å²) in [6.45, 7) is 4.18. The van der Waals surface area contributed by atoms with Gasteiger partial charge in [0.15, 0.2) is 0 Å². The molecule has 18 heavy (non-hydrogen) atoms. The van der Waals surface area contributed by atoms with E-state index in [9.17, 15) is 0 Å². The smallest absolute Gasteiger partial charge is 0.132 e. The summed E-state index contributed by atoms with van der Waals surface area (Å²) in [6.07, 6.45) is 5.02. The van der Waals surface area contributed by atoms with Gasteiger partial charge in [0, 0.05) is 30.4 Å². The number of rotatable bonds is 2. The van der Waals surface area contributed by atoms with Crippen LogP contribution < -0.4 is 5.32 Å². The Morgan fingerprint density at radius 3 is 2.67 bits per heavy atom. The van der Waals surface area contributed by atoms with Crippen molar-refractivity contribution in [1.29, 1.82) is 0 Å². The number of nitrogens with zero attached hydrogens (tertiary/aromatic N) is 2. The molecule has 2 aromatic rings. The molecule has 92 valence electrons. The first kappa shape index (κ1) is 11.4. The van der Waals surface area contributed by atoms with Gasteiger partial charge in [-0.3, -0.25) is 0 Å². The molecule has 1 aromatic carbocycles. The van der Waals surface area contributed by atoms with E-state index in [2.05, 4.69) is 46.5 Å². The van der Waals surface area contributed by atoms with E-state index in [1.807, 2.05) is 12.4 Å². The van der Waals surface area contributed by atoms with Crippen LogP contribution in [0.1, 0.15) is 23.7 Å². The molecule has 1 fully saturated rings. The zero-order chi connectivity index (χ0) is 12.4. The van der Waals surface area contributed by atoms with Gasteiger partial charge in [0.05, 0.1) is 0 Å². The predicted octanol–water partition coefficient (Wildman–Crippen LogP) is 2.53. The summed E-state index contributed by atoms with van der Waals surface area (Å²) >= 11 is 0. The zero-order valence-corrected chi connectivity index (χ0v) is 10.6. The van der Waals surface area contributed by atoms with Crippen LogP contribution in [0.25, 0.3) is 11.1 Å². The van der Waals surface area contributed by atoms with Gasteiger partial charge in [-0.05, 0) is 25.5 Å². The lowest BCUT2D eigenvalue weighted by Crippen LogP contribution is -2.10. The first-order chi connectivity index (χ1) is 8.83. The Hall–Kier alpha value is -1.74. The molecule has 3 nitrogen and oxygen atoms in total. The monoisotopic (exact) mass is 239 g/mol. The lowest BCUT2D eigenvalue weighted by molar-refractivity contribution is 0.702. The minimum Gasteiger partial charge on any atom is -0.316 e. The molecule has 0 amide bonds. The first-order valence-electron chi connectivity index (χ1n) is 6.42. The molecule has 1 atom stereocenters. The number of aryl methyl sites for hydroxylation is 1. The van der Waals surface area contributed by atoms with Gasteiger partial charge < -0.3 is 5.32 Å². The molecule has 0 spiro atoms. The van der Waals surface area contributed by atoms with Crippen LogP contribution >= 0.6 is 0 Å². The molecule has 1 unspecified atom stereocenters. The van der Waals surface area contributed by atoms with Crippen LogP contribution in [0.3, 0.4) is 0 Å². The quantitative estimate of drug-likeness (QED) is 0.875. The highest BCUT2D eigenvalue weighted by Gasteiger charge is 2.18. The van der Waals surface area contributed by atoms with Gasteiger partial charge >= 0.3 is 0 Å². The Labute approximate surface area is 107 Å². The minimum atomic E-state index is 0.483.